The van der Waals surface area contributed by atoms with Gasteiger partial charge < -0.3 is 19.5 Å². The molecule has 0 aromatic heterocycles. The van der Waals surface area contributed by atoms with E-state index in [9.17, 15) is 10.1 Å². The third-order valence-corrected chi connectivity index (χ3v) is 3.79. The molecule has 0 heterocycles. The van der Waals surface area contributed by atoms with Crippen molar-refractivity contribution in [1.82, 2.24) is 0 Å². The maximum Gasteiger partial charge on any atom is 0.266 e. The number of methoxy groups -OCH3 is 3. The fourth-order valence-electron chi connectivity index (χ4n) is 2.20. The fraction of sp³-hybridized carbons (Fsp3) is 0.158. The highest BCUT2D eigenvalue weighted by molar-refractivity contribution is 6.32. The quantitative estimate of drug-likeness (QED) is 0.614. The van der Waals surface area contributed by atoms with Crippen molar-refractivity contribution in [2.75, 3.05) is 26.6 Å². The Morgan fingerprint density at radius 1 is 1.04 bits per heavy atom. The van der Waals surface area contributed by atoms with Gasteiger partial charge in [0.2, 0.25) is 0 Å². The second kappa shape index (κ2) is 8.79. The van der Waals surface area contributed by atoms with Crippen molar-refractivity contribution in [3.8, 4) is 23.3 Å². The number of nitrogens with one attached hydrogen (secondary N) is 1. The molecule has 6 nitrogen and oxygen atoms in total. The van der Waals surface area contributed by atoms with E-state index >= 15 is 0 Å². The third-order valence-electron chi connectivity index (χ3n) is 3.49. The lowest BCUT2D eigenvalue weighted by molar-refractivity contribution is -0.112. The van der Waals surface area contributed by atoms with E-state index in [0.717, 1.165) is 0 Å². The van der Waals surface area contributed by atoms with E-state index in [4.69, 9.17) is 25.8 Å². The van der Waals surface area contributed by atoms with Crippen LogP contribution >= 0.6 is 11.6 Å². The van der Waals surface area contributed by atoms with Gasteiger partial charge in [-0.05, 0) is 42.0 Å². The molecule has 0 bridgehead atoms. The summed E-state index contributed by atoms with van der Waals surface area (Å²) >= 11 is 6.04. The lowest BCUT2D eigenvalue weighted by Crippen LogP contribution is -2.13. The maximum absolute atomic E-state index is 12.4. The zero-order chi connectivity index (χ0) is 19.1. The van der Waals surface area contributed by atoms with E-state index < -0.39 is 5.91 Å². The number of ether oxygens (including phenoxy) is 3. The first-order valence-electron chi connectivity index (χ1n) is 7.51. The molecular formula is C19H17ClN2O4. The first-order chi connectivity index (χ1) is 12.5. The number of amides is 1. The number of rotatable bonds is 6. The molecule has 2 aromatic carbocycles. The number of hydrogen-bond acceptors (Lipinski definition) is 5. The van der Waals surface area contributed by atoms with E-state index in [-0.39, 0.29) is 5.57 Å². The monoisotopic (exact) mass is 372 g/mol. The predicted octanol–water partition coefficient (Wildman–Crippen LogP) is 3.91. The molecule has 0 aliphatic rings. The van der Waals surface area contributed by atoms with Gasteiger partial charge >= 0.3 is 0 Å². The van der Waals surface area contributed by atoms with E-state index in [2.05, 4.69) is 5.32 Å². The number of halogens is 1. The summed E-state index contributed by atoms with van der Waals surface area (Å²) < 4.78 is 15.4. The SMILES string of the molecule is COc1ccc(NC(=O)/C(C#N)=C/c2ccc(OC)c(OC)c2)cc1Cl. The predicted molar refractivity (Wildman–Crippen MR) is 99.8 cm³/mol. The van der Waals surface area contributed by atoms with E-state index in [0.29, 0.717) is 33.5 Å². The molecular weight excluding hydrogens is 356 g/mol. The van der Waals surface area contributed by atoms with E-state index in [1.165, 1.54) is 27.4 Å². The molecule has 2 rings (SSSR count). The highest BCUT2D eigenvalue weighted by Gasteiger charge is 2.12. The molecule has 2 aromatic rings. The average Bonchev–Trinajstić information content (AvgIpc) is 2.65. The minimum Gasteiger partial charge on any atom is -0.495 e. The zero-order valence-corrected chi connectivity index (χ0v) is 15.3. The van der Waals surface area contributed by atoms with Gasteiger partial charge in [-0.1, -0.05) is 17.7 Å². The van der Waals surface area contributed by atoms with Crippen molar-refractivity contribution in [2.45, 2.75) is 0 Å². The number of carbonyl (C=O) groups excluding carboxylic acids is 1. The number of nitrogens with zero attached hydrogens (tertiary/aromatic N) is 1. The van der Waals surface area contributed by atoms with Crippen molar-refractivity contribution >= 4 is 29.3 Å². The summed E-state index contributed by atoms with van der Waals surface area (Å²) in [5, 5.41) is 12.3. The molecule has 7 heteroatoms. The summed E-state index contributed by atoms with van der Waals surface area (Å²) in [5.41, 5.74) is 1.01. The Hall–Kier alpha value is -3.17. The van der Waals surface area contributed by atoms with Crippen LogP contribution in [0.5, 0.6) is 17.2 Å². The summed E-state index contributed by atoms with van der Waals surface area (Å²) in [4.78, 5) is 12.4. The molecule has 1 amide bonds. The molecule has 0 saturated heterocycles. The average molecular weight is 373 g/mol. The Morgan fingerprint density at radius 2 is 1.69 bits per heavy atom. The molecule has 0 aliphatic carbocycles. The molecule has 0 unspecified atom stereocenters. The minimum atomic E-state index is -0.552. The topological polar surface area (TPSA) is 80.6 Å². The molecule has 0 atom stereocenters. The highest BCUT2D eigenvalue weighted by atomic mass is 35.5. The molecule has 0 saturated carbocycles. The fourth-order valence-corrected chi connectivity index (χ4v) is 2.46. The van der Waals surface area contributed by atoms with Crippen LogP contribution in [0, 0.1) is 11.3 Å². The lowest BCUT2D eigenvalue weighted by Gasteiger charge is -2.09. The summed E-state index contributed by atoms with van der Waals surface area (Å²) in [5.74, 6) is 0.996. The van der Waals surface area contributed by atoms with Crippen molar-refractivity contribution in [3.05, 3.63) is 52.6 Å². The van der Waals surface area contributed by atoms with E-state index in [1.54, 1.807) is 36.4 Å². The summed E-state index contributed by atoms with van der Waals surface area (Å²) in [6.45, 7) is 0. The number of nitriles is 1. The number of hydrogen-bond donors (Lipinski definition) is 1. The van der Waals surface area contributed by atoms with Crippen LogP contribution in [0.3, 0.4) is 0 Å². The van der Waals surface area contributed by atoms with Gasteiger partial charge in [-0.2, -0.15) is 5.26 Å². The van der Waals surface area contributed by atoms with Crippen molar-refractivity contribution in [1.29, 1.82) is 5.26 Å². The standard InChI is InChI=1S/C19H17ClN2O4/c1-24-16-7-5-14(10-15(16)20)22-19(23)13(11-21)8-12-4-6-17(25-2)18(9-12)26-3/h4-10H,1-3H3,(H,22,23)/b13-8+. The summed E-state index contributed by atoms with van der Waals surface area (Å²) in [7, 11) is 4.54. The molecule has 26 heavy (non-hydrogen) atoms. The molecule has 1 N–H and O–H groups in total. The van der Waals surface area contributed by atoms with Crippen LogP contribution in [-0.2, 0) is 4.79 Å². The normalized spacial score (nSPS) is 10.7. The lowest BCUT2D eigenvalue weighted by atomic mass is 10.1. The van der Waals surface area contributed by atoms with Crippen molar-refractivity contribution in [2.24, 2.45) is 0 Å². The van der Waals surface area contributed by atoms with Gasteiger partial charge in [0, 0.05) is 5.69 Å². The molecule has 134 valence electrons. The van der Waals surface area contributed by atoms with Crippen LogP contribution < -0.4 is 19.5 Å². The Labute approximate surface area is 156 Å². The van der Waals surface area contributed by atoms with Gasteiger partial charge in [0.25, 0.3) is 5.91 Å². The van der Waals surface area contributed by atoms with Gasteiger partial charge in [-0.15, -0.1) is 0 Å². The second-order valence-corrected chi connectivity index (χ2v) is 5.49. The van der Waals surface area contributed by atoms with Gasteiger partial charge in [-0.3, -0.25) is 4.79 Å². The van der Waals surface area contributed by atoms with Crippen LogP contribution in [0.1, 0.15) is 5.56 Å². The highest BCUT2D eigenvalue weighted by Crippen LogP contribution is 2.29. The Morgan fingerprint density at radius 3 is 2.27 bits per heavy atom. The van der Waals surface area contributed by atoms with Crippen LogP contribution in [0.25, 0.3) is 6.08 Å². The van der Waals surface area contributed by atoms with Crippen molar-refractivity contribution in [3.63, 3.8) is 0 Å². The van der Waals surface area contributed by atoms with Crippen molar-refractivity contribution < 1.29 is 19.0 Å². The maximum atomic E-state index is 12.4. The first kappa shape index (κ1) is 19.2. The third kappa shape index (κ3) is 4.47. The van der Waals surface area contributed by atoms with Gasteiger partial charge in [0.15, 0.2) is 11.5 Å². The number of anilines is 1. The Kier molecular flexibility index (Phi) is 6.48. The molecule has 0 aliphatic heterocycles. The number of benzene rings is 2. The van der Waals surface area contributed by atoms with E-state index in [1.807, 2.05) is 6.07 Å². The molecule has 0 fully saturated rings. The molecule has 0 spiro atoms. The second-order valence-electron chi connectivity index (χ2n) is 5.09. The van der Waals surface area contributed by atoms with Gasteiger partial charge in [0.05, 0.1) is 26.4 Å². The van der Waals surface area contributed by atoms with Crippen LogP contribution in [-0.4, -0.2) is 27.2 Å². The van der Waals surface area contributed by atoms with Crippen LogP contribution in [0.15, 0.2) is 42.0 Å². The Balaban J connectivity index is 2.24. The van der Waals surface area contributed by atoms with Gasteiger partial charge in [-0.25, -0.2) is 0 Å². The van der Waals surface area contributed by atoms with Gasteiger partial charge in [0.1, 0.15) is 17.4 Å². The van der Waals surface area contributed by atoms with Crippen LogP contribution in [0.2, 0.25) is 5.02 Å². The molecule has 0 radical (unpaired) electrons. The zero-order valence-electron chi connectivity index (χ0n) is 14.5. The number of carbonyl (C=O) groups is 1. The summed E-state index contributed by atoms with van der Waals surface area (Å²) in [6, 6.07) is 11.8. The largest absolute Gasteiger partial charge is 0.495 e. The van der Waals surface area contributed by atoms with Crippen LogP contribution in [0.4, 0.5) is 5.69 Å². The smallest absolute Gasteiger partial charge is 0.266 e. The first-order valence-corrected chi connectivity index (χ1v) is 7.89. The minimum absolute atomic E-state index is 0.0656. The summed E-state index contributed by atoms with van der Waals surface area (Å²) in [6.07, 6.45) is 1.46. The Bertz CT molecular complexity index is 888.